The number of carbonyl (C=O) groups excluding carboxylic acids is 2. The van der Waals surface area contributed by atoms with Crippen LogP contribution in [0, 0.1) is 3.57 Å². The molecule has 0 spiro atoms. The third kappa shape index (κ3) is 3.45. The van der Waals surface area contributed by atoms with Gasteiger partial charge in [-0.1, -0.05) is 30.3 Å². The summed E-state index contributed by atoms with van der Waals surface area (Å²) in [5, 5.41) is 4.96. The number of halogens is 1. The van der Waals surface area contributed by atoms with Gasteiger partial charge in [-0.25, -0.2) is 4.68 Å². The third-order valence-electron chi connectivity index (χ3n) is 3.79. The summed E-state index contributed by atoms with van der Waals surface area (Å²) in [6, 6.07) is 13.8. The van der Waals surface area contributed by atoms with Crippen LogP contribution in [-0.2, 0) is 6.54 Å². The SMILES string of the molecule is CCn1nc(C(=O)NNC(=O)c2ccccc2I)c2ccccc2c1=O. The minimum atomic E-state index is -0.595. The van der Waals surface area contributed by atoms with Crippen molar-refractivity contribution < 1.29 is 9.59 Å². The number of benzene rings is 2. The van der Waals surface area contributed by atoms with Crippen LogP contribution in [0.3, 0.4) is 0 Å². The van der Waals surface area contributed by atoms with E-state index in [0.29, 0.717) is 22.9 Å². The van der Waals surface area contributed by atoms with Gasteiger partial charge in [-0.3, -0.25) is 25.2 Å². The normalized spacial score (nSPS) is 10.5. The second kappa shape index (κ2) is 7.65. The summed E-state index contributed by atoms with van der Waals surface area (Å²) >= 11 is 2.04. The summed E-state index contributed by atoms with van der Waals surface area (Å²) in [7, 11) is 0. The van der Waals surface area contributed by atoms with Gasteiger partial charge in [-0.05, 0) is 47.7 Å². The fraction of sp³-hybridized carbons (Fsp3) is 0.111. The van der Waals surface area contributed by atoms with Crippen molar-refractivity contribution in [3.8, 4) is 0 Å². The van der Waals surface area contributed by atoms with Crippen molar-refractivity contribution in [2.45, 2.75) is 13.5 Å². The van der Waals surface area contributed by atoms with E-state index in [9.17, 15) is 14.4 Å². The number of nitrogens with one attached hydrogen (secondary N) is 2. The number of hydrogen-bond donors (Lipinski definition) is 2. The zero-order valence-electron chi connectivity index (χ0n) is 13.8. The maximum atomic E-state index is 12.6. The Balaban J connectivity index is 1.89. The zero-order valence-corrected chi connectivity index (χ0v) is 16.0. The van der Waals surface area contributed by atoms with E-state index in [-0.39, 0.29) is 11.3 Å². The number of nitrogens with zero attached hydrogens (tertiary/aromatic N) is 2. The van der Waals surface area contributed by atoms with E-state index in [1.54, 1.807) is 49.4 Å². The third-order valence-corrected chi connectivity index (χ3v) is 4.73. The highest BCUT2D eigenvalue weighted by molar-refractivity contribution is 14.1. The van der Waals surface area contributed by atoms with E-state index >= 15 is 0 Å². The van der Waals surface area contributed by atoms with Gasteiger partial charge in [0.25, 0.3) is 17.4 Å². The molecule has 1 aromatic heterocycles. The van der Waals surface area contributed by atoms with Gasteiger partial charge >= 0.3 is 0 Å². The summed E-state index contributed by atoms with van der Waals surface area (Å²) < 4.78 is 1.99. The predicted octanol–water partition coefficient (Wildman–Crippen LogP) is 2.10. The summed E-state index contributed by atoms with van der Waals surface area (Å²) in [5.41, 5.74) is 5.01. The van der Waals surface area contributed by atoms with Crippen LogP contribution < -0.4 is 16.4 Å². The van der Waals surface area contributed by atoms with Gasteiger partial charge in [0.05, 0.1) is 10.9 Å². The van der Waals surface area contributed by atoms with Crippen LogP contribution in [0.1, 0.15) is 27.8 Å². The van der Waals surface area contributed by atoms with Gasteiger partial charge < -0.3 is 0 Å². The first-order valence-corrected chi connectivity index (χ1v) is 8.96. The van der Waals surface area contributed by atoms with Crippen molar-refractivity contribution in [2.24, 2.45) is 0 Å². The van der Waals surface area contributed by atoms with Crippen molar-refractivity contribution >= 4 is 45.2 Å². The Bertz CT molecular complexity index is 1060. The zero-order chi connectivity index (χ0) is 18.7. The van der Waals surface area contributed by atoms with Crippen LogP contribution in [0.2, 0.25) is 0 Å². The van der Waals surface area contributed by atoms with Crippen LogP contribution >= 0.6 is 22.6 Å². The van der Waals surface area contributed by atoms with Gasteiger partial charge in [-0.15, -0.1) is 0 Å². The van der Waals surface area contributed by atoms with Crippen molar-refractivity contribution in [1.82, 2.24) is 20.6 Å². The molecule has 26 heavy (non-hydrogen) atoms. The van der Waals surface area contributed by atoms with Crippen molar-refractivity contribution in [3.63, 3.8) is 0 Å². The predicted molar refractivity (Wildman–Crippen MR) is 106 cm³/mol. The Labute approximate surface area is 162 Å². The molecule has 2 amide bonds. The first-order chi connectivity index (χ1) is 12.5. The lowest BCUT2D eigenvalue weighted by Gasteiger charge is -2.11. The maximum absolute atomic E-state index is 12.6. The van der Waals surface area contributed by atoms with Gasteiger partial charge in [0.1, 0.15) is 0 Å². The number of hydrogen-bond acceptors (Lipinski definition) is 4. The molecule has 0 aliphatic rings. The van der Waals surface area contributed by atoms with Crippen LogP contribution in [0.4, 0.5) is 0 Å². The minimum Gasteiger partial charge on any atom is -0.267 e. The van der Waals surface area contributed by atoms with E-state index < -0.39 is 11.8 Å². The average Bonchev–Trinajstić information content (AvgIpc) is 2.66. The number of aromatic nitrogens is 2. The number of rotatable bonds is 3. The molecule has 2 aromatic carbocycles. The molecular formula is C18H15IN4O3. The summed E-state index contributed by atoms with van der Waals surface area (Å²) in [6.07, 6.45) is 0. The number of aryl methyl sites for hydroxylation is 1. The smallest absolute Gasteiger partial charge is 0.267 e. The molecule has 0 saturated carbocycles. The molecule has 132 valence electrons. The highest BCUT2D eigenvalue weighted by Gasteiger charge is 2.17. The second-order valence-corrected chi connectivity index (χ2v) is 6.57. The lowest BCUT2D eigenvalue weighted by atomic mass is 10.1. The number of fused-ring (bicyclic) bond motifs is 1. The monoisotopic (exact) mass is 462 g/mol. The summed E-state index contributed by atoms with van der Waals surface area (Å²) in [6.45, 7) is 2.10. The van der Waals surface area contributed by atoms with E-state index in [1.165, 1.54) is 4.68 Å². The average molecular weight is 462 g/mol. The highest BCUT2D eigenvalue weighted by Crippen LogP contribution is 2.13. The molecule has 3 aromatic rings. The number of carbonyl (C=O) groups is 2. The molecule has 3 rings (SSSR count). The number of hydrazine groups is 1. The van der Waals surface area contributed by atoms with E-state index in [1.807, 2.05) is 28.7 Å². The van der Waals surface area contributed by atoms with E-state index in [2.05, 4.69) is 16.0 Å². The molecule has 0 aliphatic heterocycles. The molecule has 0 bridgehead atoms. The lowest BCUT2D eigenvalue weighted by molar-refractivity contribution is 0.0843. The Hall–Kier alpha value is -2.75. The largest absolute Gasteiger partial charge is 0.290 e. The molecule has 1 heterocycles. The van der Waals surface area contributed by atoms with Crippen LogP contribution in [0.5, 0.6) is 0 Å². The minimum absolute atomic E-state index is 0.0742. The summed E-state index contributed by atoms with van der Waals surface area (Å²) in [4.78, 5) is 37.1. The van der Waals surface area contributed by atoms with Gasteiger partial charge in [0.2, 0.25) is 0 Å². The molecule has 0 saturated heterocycles. The Morgan fingerprint density at radius 1 is 1.00 bits per heavy atom. The molecule has 0 unspecified atom stereocenters. The second-order valence-electron chi connectivity index (χ2n) is 5.40. The van der Waals surface area contributed by atoms with Crippen LogP contribution in [0.25, 0.3) is 10.8 Å². The Kier molecular flexibility index (Phi) is 5.31. The Morgan fingerprint density at radius 2 is 1.62 bits per heavy atom. The summed E-state index contributed by atoms with van der Waals surface area (Å²) in [5.74, 6) is -1.03. The maximum Gasteiger partial charge on any atom is 0.290 e. The highest BCUT2D eigenvalue weighted by atomic mass is 127. The molecule has 0 radical (unpaired) electrons. The molecular weight excluding hydrogens is 447 g/mol. The quantitative estimate of drug-likeness (QED) is 0.461. The van der Waals surface area contributed by atoms with Gasteiger partial charge in [-0.2, -0.15) is 5.10 Å². The topological polar surface area (TPSA) is 93.1 Å². The lowest BCUT2D eigenvalue weighted by Crippen LogP contribution is -2.43. The molecule has 0 fully saturated rings. The first kappa shape index (κ1) is 18.1. The van der Waals surface area contributed by atoms with Gasteiger partial charge in [0.15, 0.2) is 5.69 Å². The standard InChI is InChI=1S/C18H15IN4O3/c1-2-23-18(26)12-8-4-3-7-11(12)15(22-23)17(25)21-20-16(24)13-9-5-6-10-14(13)19/h3-10H,2H2,1H3,(H,20,24)(H,21,25). The molecule has 2 N–H and O–H groups in total. The molecule has 8 heteroatoms. The van der Waals surface area contributed by atoms with Crippen molar-refractivity contribution in [3.05, 3.63) is 73.7 Å². The molecule has 7 nitrogen and oxygen atoms in total. The van der Waals surface area contributed by atoms with Gasteiger partial charge in [0, 0.05) is 15.5 Å². The molecule has 0 aliphatic carbocycles. The van der Waals surface area contributed by atoms with Crippen molar-refractivity contribution in [2.75, 3.05) is 0 Å². The van der Waals surface area contributed by atoms with E-state index in [4.69, 9.17) is 0 Å². The van der Waals surface area contributed by atoms with E-state index in [0.717, 1.165) is 3.57 Å². The Morgan fingerprint density at radius 3 is 2.31 bits per heavy atom. The first-order valence-electron chi connectivity index (χ1n) is 7.88. The number of amides is 2. The molecule has 0 atom stereocenters. The fourth-order valence-corrected chi connectivity index (χ4v) is 3.13. The fourth-order valence-electron chi connectivity index (χ4n) is 2.50. The van der Waals surface area contributed by atoms with Crippen LogP contribution in [-0.4, -0.2) is 21.6 Å². The van der Waals surface area contributed by atoms with Crippen molar-refractivity contribution in [1.29, 1.82) is 0 Å². The van der Waals surface area contributed by atoms with Crippen LogP contribution in [0.15, 0.2) is 53.3 Å².